The average molecular weight is 439 g/mol. The number of nitrogens with zero attached hydrogens (tertiary/aromatic N) is 1. The Morgan fingerprint density at radius 2 is 2.00 bits per heavy atom. The zero-order valence-electron chi connectivity index (χ0n) is 15.5. The number of hydrogen-bond donors (Lipinski definition) is 2. The number of hydrogen-bond acceptors (Lipinski definition) is 5. The van der Waals surface area contributed by atoms with Crippen molar-refractivity contribution in [1.82, 2.24) is 10.2 Å². The Morgan fingerprint density at radius 1 is 1.33 bits per heavy atom. The molecule has 146 valence electrons. The van der Waals surface area contributed by atoms with Gasteiger partial charge >= 0.3 is 12.0 Å². The highest BCUT2D eigenvalue weighted by molar-refractivity contribution is 9.10. The predicted molar refractivity (Wildman–Crippen MR) is 102 cm³/mol. The Labute approximate surface area is 166 Å². The van der Waals surface area contributed by atoms with Gasteiger partial charge < -0.3 is 24.8 Å². The molecular formula is C19H23BrN2O5. The molecule has 0 aromatic heterocycles. The Bertz CT molecular complexity index is 802. The molecule has 1 fully saturated rings. The molecule has 1 atom stereocenters. The maximum atomic E-state index is 13.0. The smallest absolute Gasteiger partial charge is 0.338 e. The van der Waals surface area contributed by atoms with Gasteiger partial charge in [-0.2, -0.15) is 0 Å². The van der Waals surface area contributed by atoms with Gasteiger partial charge in [0.15, 0.2) is 11.5 Å². The normalized spacial score (nSPS) is 20.7. The summed E-state index contributed by atoms with van der Waals surface area (Å²) in [4.78, 5) is 26.7. The number of benzene rings is 1. The SMILES string of the molecule is COc1cc([C@H]2NC(=O)N(C)C(C)=C2C(=O)OC2CCCC2)cc(Br)c1O. The summed E-state index contributed by atoms with van der Waals surface area (Å²) < 4.78 is 11.3. The lowest BCUT2D eigenvalue weighted by Gasteiger charge is -2.34. The third-order valence-electron chi connectivity index (χ3n) is 5.15. The molecule has 1 saturated carbocycles. The van der Waals surface area contributed by atoms with Crippen molar-refractivity contribution < 1.29 is 24.2 Å². The molecule has 0 unspecified atom stereocenters. The predicted octanol–water partition coefficient (Wildman–Crippen LogP) is 3.62. The summed E-state index contributed by atoms with van der Waals surface area (Å²) in [5.74, 6) is -0.232. The number of esters is 1. The number of aromatic hydroxyl groups is 1. The van der Waals surface area contributed by atoms with E-state index in [0.29, 0.717) is 21.3 Å². The summed E-state index contributed by atoms with van der Waals surface area (Å²) >= 11 is 3.29. The number of ether oxygens (including phenoxy) is 2. The molecule has 1 aliphatic carbocycles. The Hall–Kier alpha value is -2.22. The van der Waals surface area contributed by atoms with Crippen LogP contribution in [0.4, 0.5) is 4.79 Å². The first-order chi connectivity index (χ1) is 12.8. The molecule has 2 amide bonds. The van der Waals surface area contributed by atoms with Gasteiger partial charge in [0, 0.05) is 12.7 Å². The lowest BCUT2D eigenvalue weighted by molar-refractivity contribution is -0.144. The molecule has 0 bridgehead atoms. The molecule has 2 aliphatic rings. The molecule has 1 aliphatic heterocycles. The van der Waals surface area contributed by atoms with Gasteiger partial charge in [0.25, 0.3) is 0 Å². The van der Waals surface area contributed by atoms with E-state index in [1.54, 1.807) is 26.1 Å². The fraction of sp³-hybridized carbons (Fsp3) is 0.474. The summed E-state index contributed by atoms with van der Waals surface area (Å²) in [7, 11) is 3.05. The van der Waals surface area contributed by atoms with Crippen LogP contribution >= 0.6 is 15.9 Å². The highest BCUT2D eigenvalue weighted by Crippen LogP contribution is 2.40. The van der Waals surface area contributed by atoms with Crippen LogP contribution in [0.5, 0.6) is 11.5 Å². The van der Waals surface area contributed by atoms with E-state index < -0.39 is 12.0 Å². The second-order valence-electron chi connectivity index (χ2n) is 6.81. The Morgan fingerprint density at radius 3 is 2.63 bits per heavy atom. The molecule has 3 rings (SSSR count). The number of rotatable bonds is 4. The van der Waals surface area contributed by atoms with Crippen molar-refractivity contribution in [2.45, 2.75) is 44.8 Å². The molecule has 1 aromatic carbocycles. The van der Waals surface area contributed by atoms with Crippen LogP contribution in [0, 0.1) is 0 Å². The van der Waals surface area contributed by atoms with Crippen molar-refractivity contribution in [3.8, 4) is 11.5 Å². The third-order valence-corrected chi connectivity index (χ3v) is 5.76. The van der Waals surface area contributed by atoms with Gasteiger partial charge in [-0.25, -0.2) is 9.59 Å². The summed E-state index contributed by atoms with van der Waals surface area (Å²) in [5.41, 5.74) is 1.52. The van der Waals surface area contributed by atoms with E-state index in [1.165, 1.54) is 12.0 Å². The van der Waals surface area contributed by atoms with Crippen molar-refractivity contribution in [2.24, 2.45) is 0 Å². The largest absolute Gasteiger partial charge is 0.503 e. The molecule has 27 heavy (non-hydrogen) atoms. The number of allylic oxidation sites excluding steroid dienone is 1. The number of phenolic OH excluding ortho intramolecular Hbond substituents is 1. The number of carbonyl (C=O) groups is 2. The highest BCUT2D eigenvalue weighted by atomic mass is 79.9. The number of urea groups is 1. The van der Waals surface area contributed by atoms with Crippen LogP contribution in [0.1, 0.15) is 44.2 Å². The van der Waals surface area contributed by atoms with E-state index in [9.17, 15) is 14.7 Å². The lowest BCUT2D eigenvalue weighted by atomic mass is 9.94. The molecule has 2 N–H and O–H groups in total. The van der Waals surface area contributed by atoms with Gasteiger partial charge in [-0.15, -0.1) is 0 Å². The number of amides is 2. The van der Waals surface area contributed by atoms with E-state index >= 15 is 0 Å². The van der Waals surface area contributed by atoms with Crippen LogP contribution in [0.25, 0.3) is 0 Å². The minimum absolute atomic E-state index is 0.0451. The highest BCUT2D eigenvalue weighted by Gasteiger charge is 2.36. The van der Waals surface area contributed by atoms with E-state index in [-0.39, 0.29) is 23.6 Å². The zero-order valence-corrected chi connectivity index (χ0v) is 17.1. The number of phenols is 1. The fourth-order valence-corrected chi connectivity index (χ4v) is 3.95. The van der Waals surface area contributed by atoms with Crippen LogP contribution in [-0.2, 0) is 9.53 Å². The first-order valence-electron chi connectivity index (χ1n) is 8.85. The first kappa shape index (κ1) is 19.5. The van der Waals surface area contributed by atoms with Crippen LogP contribution < -0.4 is 10.1 Å². The number of methoxy groups -OCH3 is 1. The molecule has 0 spiro atoms. The lowest BCUT2D eigenvalue weighted by Crippen LogP contribution is -2.46. The van der Waals surface area contributed by atoms with Gasteiger partial charge in [-0.3, -0.25) is 0 Å². The Balaban J connectivity index is 2.02. The van der Waals surface area contributed by atoms with Crippen molar-refractivity contribution in [2.75, 3.05) is 14.2 Å². The van der Waals surface area contributed by atoms with Crippen LogP contribution in [-0.4, -0.2) is 42.3 Å². The molecule has 0 radical (unpaired) electrons. The summed E-state index contributed by atoms with van der Waals surface area (Å²) in [6, 6.07) is 2.24. The molecule has 0 saturated heterocycles. The zero-order chi connectivity index (χ0) is 19.7. The standard InChI is InChI=1S/C19H23BrN2O5/c1-10-15(18(24)27-12-6-4-5-7-12)16(21-19(25)22(10)2)11-8-13(20)17(23)14(9-11)26-3/h8-9,12,16,23H,4-7H2,1-3H3,(H,21,25)/t16-/m1/s1. The first-order valence-corrected chi connectivity index (χ1v) is 9.65. The van der Waals surface area contributed by atoms with Crippen molar-refractivity contribution in [3.05, 3.63) is 33.4 Å². The van der Waals surface area contributed by atoms with E-state index in [0.717, 1.165) is 25.7 Å². The van der Waals surface area contributed by atoms with Crippen LogP contribution in [0.2, 0.25) is 0 Å². The molecule has 7 nitrogen and oxygen atoms in total. The maximum absolute atomic E-state index is 13.0. The van der Waals surface area contributed by atoms with Gasteiger partial charge in [0.2, 0.25) is 0 Å². The van der Waals surface area contributed by atoms with Crippen LogP contribution in [0.3, 0.4) is 0 Å². The maximum Gasteiger partial charge on any atom is 0.338 e. The van der Waals surface area contributed by atoms with E-state index in [1.807, 2.05) is 0 Å². The topological polar surface area (TPSA) is 88.1 Å². The van der Waals surface area contributed by atoms with Crippen molar-refractivity contribution in [3.63, 3.8) is 0 Å². The van der Waals surface area contributed by atoms with Gasteiger partial charge in [-0.1, -0.05) is 0 Å². The summed E-state index contributed by atoms with van der Waals surface area (Å²) in [5, 5.41) is 12.9. The third kappa shape index (κ3) is 3.76. The number of halogens is 1. The monoisotopic (exact) mass is 438 g/mol. The van der Waals surface area contributed by atoms with E-state index in [2.05, 4.69) is 21.2 Å². The average Bonchev–Trinajstić information content (AvgIpc) is 3.14. The molecule has 8 heteroatoms. The van der Waals surface area contributed by atoms with Gasteiger partial charge in [0.05, 0.1) is 23.2 Å². The summed E-state index contributed by atoms with van der Waals surface area (Å²) in [6.45, 7) is 1.73. The van der Waals surface area contributed by atoms with Crippen molar-refractivity contribution in [1.29, 1.82) is 0 Å². The second kappa shape index (κ2) is 7.80. The quantitative estimate of drug-likeness (QED) is 0.700. The van der Waals surface area contributed by atoms with Gasteiger partial charge in [0.1, 0.15) is 6.10 Å². The molecule has 1 aromatic rings. The molecular weight excluding hydrogens is 416 g/mol. The number of carbonyl (C=O) groups excluding carboxylic acids is 2. The second-order valence-corrected chi connectivity index (χ2v) is 7.66. The van der Waals surface area contributed by atoms with E-state index in [4.69, 9.17) is 9.47 Å². The minimum Gasteiger partial charge on any atom is -0.503 e. The van der Waals surface area contributed by atoms with Crippen LogP contribution in [0.15, 0.2) is 27.9 Å². The van der Waals surface area contributed by atoms with Crippen molar-refractivity contribution >= 4 is 27.9 Å². The fourth-order valence-electron chi connectivity index (χ4n) is 3.49. The molecule has 1 heterocycles. The van der Waals surface area contributed by atoms with Gasteiger partial charge in [-0.05, 0) is 66.2 Å². The minimum atomic E-state index is -0.701. The summed E-state index contributed by atoms with van der Waals surface area (Å²) in [6.07, 6.45) is 3.76. The number of nitrogens with one attached hydrogen (secondary N) is 1. The Kier molecular flexibility index (Phi) is 5.64.